The fraction of sp³-hybridized carbons (Fsp3) is 0.533. The van der Waals surface area contributed by atoms with E-state index >= 15 is 0 Å². The molecule has 0 heterocycles. The van der Waals surface area contributed by atoms with Crippen LogP contribution in [0.25, 0.3) is 0 Å². The zero-order valence-electron chi connectivity index (χ0n) is 12.5. The lowest BCUT2D eigenvalue weighted by Gasteiger charge is -2.20. The van der Waals surface area contributed by atoms with Gasteiger partial charge in [-0.15, -0.1) is 23.2 Å². The van der Waals surface area contributed by atoms with Gasteiger partial charge in [-0.2, -0.15) is 13.2 Å². The number of amides is 1. The molecule has 1 aliphatic rings. The molecular formula is C15H16Cl2F3NO2. The average molecular weight is 370 g/mol. The molecule has 1 amide bonds. The van der Waals surface area contributed by atoms with Gasteiger partial charge >= 0.3 is 6.18 Å². The maximum absolute atomic E-state index is 12.9. The smallest absolute Gasteiger partial charge is 0.419 e. The van der Waals surface area contributed by atoms with E-state index in [0.717, 1.165) is 6.07 Å². The highest BCUT2D eigenvalue weighted by Crippen LogP contribution is 2.63. The van der Waals surface area contributed by atoms with Crippen molar-refractivity contribution in [2.24, 2.45) is 5.41 Å². The van der Waals surface area contributed by atoms with E-state index in [1.165, 1.54) is 18.2 Å². The van der Waals surface area contributed by atoms with Gasteiger partial charge in [0.2, 0.25) is 5.91 Å². The summed E-state index contributed by atoms with van der Waals surface area (Å²) in [6.45, 7) is 3.16. The Morgan fingerprint density at radius 2 is 1.96 bits per heavy atom. The van der Waals surface area contributed by atoms with Gasteiger partial charge in [-0.05, 0) is 32.4 Å². The van der Waals surface area contributed by atoms with E-state index in [0.29, 0.717) is 6.42 Å². The Balaban J connectivity index is 1.93. The van der Waals surface area contributed by atoms with Gasteiger partial charge in [-0.3, -0.25) is 4.79 Å². The maximum atomic E-state index is 12.9. The summed E-state index contributed by atoms with van der Waals surface area (Å²) in [6, 6.07) is 4.43. The second-order valence-corrected chi connectivity index (χ2v) is 7.38. The first kappa shape index (κ1) is 18.2. The number of hydrogen-bond donors (Lipinski definition) is 1. The quantitative estimate of drug-likeness (QED) is 0.790. The first-order valence-electron chi connectivity index (χ1n) is 6.95. The Kier molecular flexibility index (Phi) is 4.79. The summed E-state index contributed by atoms with van der Waals surface area (Å²) in [5.74, 6) is -0.620. The fourth-order valence-electron chi connectivity index (χ4n) is 2.11. The van der Waals surface area contributed by atoms with Crippen LogP contribution in [0, 0.1) is 5.41 Å². The van der Waals surface area contributed by atoms with Gasteiger partial charge in [0.15, 0.2) is 0 Å². The van der Waals surface area contributed by atoms with Gasteiger partial charge in [-0.25, -0.2) is 0 Å². The average Bonchev–Trinajstić information content (AvgIpc) is 2.96. The van der Waals surface area contributed by atoms with E-state index in [4.69, 9.17) is 27.9 Å². The summed E-state index contributed by atoms with van der Waals surface area (Å²) < 4.78 is 42.7. The number of para-hydroxylation sites is 1. The van der Waals surface area contributed by atoms with Crippen LogP contribution in [-0.2, 0) is 11.0 Å². The molecule has 0 saturated heterocycles. The molecule has 1 aliphatic carbocycles. The summed E-state index contributed by atoms with van der Waals surface area (Å²) in [6.07, 6.45) is -4.17. The molecule has 2 atom stereocenters. The van der Waals surface area contributed by atoms with Crippen molar-refractivity contribution in [2.75, 3.05) is 6.61 Å². The Labute approximate surface area is 142 Å². The molecule has 8 heteroatoms. The van der Waals surface area contributed by atoms with Gasteiger partial charge in [0.05, 0.1) is 17.0 Å². The highest BCUT2D eigenvalue weighted by Gasteiger charge is 2.67. The maximum Gasteiger partial charge on any atom is 0.419 e. The molecule has 2 rings (SSSR count). The number of nitrogens with one attached hydrogen (secondary N) is 1. The lowest BCUT2D eigenvalue weighted by molar-refractivity contribution is -0.139. The van der Waals surface area contributed by atoms with E-state index in [1.54, 1.807) is 13.8 Å². The zero-order chi connectivity index (χ0) is 17.5. The minimum absolute atomic E-state index is 0.105. The molecule has 1 N–H and O–H groups in total. The summed E-state index contributed by atoms with van der Waals surface area (Å²) in [5, 5.41) is 2.65. The van der Waals surface area contributed by atoms with Crippen LogP contribution in [0.15, 0.2) is 24.3 Å². The summed E-state index contributed by atoms with van der Waals surface area (Å²) in [7, 11) is 0. The number of hydrogen-bond acceptors (Lipinski definition) is 2. The van der Waals surface area contributed by atoms with Crippen molar-refractivity contribution in [1.82, 2.24) is 5.32 Å². The van der Waals surface area contributed by atoms with Crippen LogP contribution in [0.3, 0.4) is 0 Å². The normalized spacial score (nSPS) is 24.0. The monoisotopic (exact) mass is 369 g/mol. The van der Waals surface area contributed by atoms with Crippen LogP contribution in [0.5, 0.6) is 5.75 Å². The molecule has 0 bridgehead atoms. The van der Waals surface area contributed by atoms with Crippen LogP contribution >= 0.6 is 23.2 Å². The molecule has 1 saturated carbocycles. The molecule has 1 aromatic carbocycles. The standard InChI is InChI=1S/C15H16Cl2F3NO2/c1-9(21-12(22)13(2)8-14(13,16)17)7-23-11-6-4-3-5-10(11)15(18,19)20/h3-6,9H,7-8H2,1-2H3,(H,21,22). The van der Waals surface area contributed by atoms with Gasteiger partial charge in [-0.1, -0.05) is 12.1 Å². The van der Waals surface area contributed by atoms with Crippen molar-refractivity contribution in [3.05, 3.63) is 29.8 Å². The van der Waals surface area contributed by atoms with E-state index in [9.17, 15) is 18.0 Å². The van der Waals surface area contributed by atoms with E-state index in [1.807, 2.05) is 0 Å². The minimum atomic E-state index is -4.50. The molecule has 3 nitrogen and oxygen atoms in total. The Morgan fingerprint density at radius 1 is 1.39 bits per heavy atom. The number of halogens is 5. The first-order chi connectivity index (χ1) is 10.5. The molecular weight excluding hydrogens is 354 g/mol. The highest BCUT2D eigenvalue weighted by atomic mass is 35.5. The topological polar surface area (TPSA) is 38.3 Å². The van der Waals surface area contributed by atoms with Gasteiger partial charge in [0, 0.05) is 0 Å². The van der Waals surface area contributed by atoms with Crippen LogP contribution in [0.2, 0.25) is 0 Å². The van der Waals surface area contributed by atoms with E-state index in [2.05, 4.69) is 5.32 Å². The van der Waals surface area contributed by atoms with Crippen molar-refractivity contribution in [3.63, 3.8) is 0 Å². The third-order valence-corrected chi connectivity index (χ3v) is 4.92. The molecule has 0 aromatic heterocycles. The molecule has 128 valence electrons. The summed E-state index contributed by atoms with van der Waals surface area (Å²) in [4.78, 5) is 12.1. The highest BCUT2D eigenvalue weighted by molar-refractivity contribution is 6.53. The molecule has 0 radical (unpaired) electrons. The van der Waals surface area contributed by atoms with Crippen molar-refractivity contribution >= 4 is 29.1 Å². The third kappa shape index (κ3) is 3.86. The van der Waals surface area contributed by atoms with Crippen LogP contribution in [-0.4, -0.2) is 22.9 Å². The van der Waals surface area contributed by atoms with E-state index in [-0.39, 0.29) is 18.3 Å². The fourth-order valence-corrected chi connectivity index (χ4v) is 2.82. The predicted molar refractivity (Wildman–Crippen MR) is 81.7 cm³/mol. The second kappa shape index (κ2) is 6.06. The predicted octanol–water partition coefficient (Wildman–Crippen LogP) is 4.17. The second-order valence-electron chi connectivity index (χ2n) is 5.89. The summed E-state index contributed by atoms with van der Waals surface area (Å²) in [5.41, 5.74) is -1.73. The van der Waals surface area contributed by atoms with Crippen molar-refractivity contribution in [2.45, 2.75) is 36.8 Å². The summed E-state index contributed by atoms with van der Waals surface area (Å²) >= 11 is 11.8. The molecule has 2 unspecified atom stereocenters. The first-order valence-corrected chi connectivity index (χ1v) is 7.71. The van der Waals surface area contributed by atoms with Crippen LogP contribution < -0.4 is 10.1 Å². The Bertz CT molecular complexity index is 607. The van der Waals surface area contributed by atoms with Crippen LogP contribution in [0.1, 0.15) is 25.8 Å². The minimum Gasteiger partial charge on any atom is -0.491 e. The van der Waals surface area contributed by atoms with Crippen LogP contribution in [0.4, 0.5) is 13.2 Å². The molecule has 0 spiro atoms. The molecule has 23 heavy (non-hydrogen) atoms. The van der Waals surface area contributed by atoms with Crippen molar-refractivity contribution in [3.8, 4) is 5.75 Å². The van der Waals surface area contributed by atoms with E-state index < -0.39 is 27.5 Å². The molecule has 0 aliphatic heterocycles. The lowest BCUT2D eigenvalue weighted by Crippen LogP contribution is -2.42. The number of ether oxygens (including phenoxy) is 1. The van der Waals surface area contributed by atoms with Gasteiger partial charge in [0.25, 0.3) is 0 Å². The number of carbonyl (C=O) groups excluding carboxylic acids is 1. The lowest BCUT2D eigenvalue weighted by atomic mass is 10.1. The Morgan fingerprint density at radius 3 is 2.48 bits per heavy atom. The number of rotatable bonds is 5. The molecule has 1 fully saturated rings. The number of alkyl halides is 5. The third-order valence-electron chi connectivity index (χ3n) is 3.82. The number of benzene rings is 1. The SMILES string of the molecule is CC(COc1ccccc1C(F)(F)F)NC(=O)C1(C)CC1(Cl)Cl. The molecule has 1 aromatic rings. The van der Waals surface area contributed by atoms with Crippen molar-refractivity contribution < 1.29 is 22.7 Å². The Hall–Kier alpha value is -1.14. The largest absolute Gasteiger partial charge is 0.491 e. The number of carbonyl (C=O) groups is 1. The van der Waals surface area contributed by atoms with Gasteiger partial charge in [0.1, 0.15) is 16.7 Å². The van der Waals surface area contributed by atoms with Crippen molar-refractivity contribution in [1.29, 1.82) is 0 Å². The zero-order valence-corrected chi connectivity index (χ0v) is 14.0. The van der Waals surface area contributed by atoms with Gasteiger partial charge < -0.3 is 10.1 Å².